The Morgan fingerprint density at radius 1 is 1.13 bits per heavy atom. The predicted molar refractivity (Wildman–Crippen MR) is 119 cm³/mol. The van der Waals surface area contributed by atoms with E-state index >= 15 is 0 Å². The molecule has 1 aliphatic rings. The molecule has 4 aromatic rings. The molecule has 158 valence electrons. The minimum Gasteiger partial charge on any atom is -0.462 e. The first-order valence-electron chi connectivity index (χ1n) is 9.89. The highest BCUT2D eigenvalue weighted by Gasteiger charge is 2.23. The maximum Gasteiger partial charge on any atom is 0.321 e. The standard InChI is InChI=1S/C21H20N6O3S/c1-14-4-6-15(7-5-14)22-20(29)26-10-8-25(9-11-26)17-13-18(28)27-21(23-17)31-19(24-27)16-3-2-12-30-16/h2-7,12-13H,8-11H2,1H3,(H,22,29). The van der Waals surface area contributed by atoms with Gasteiger partial charge in [0.1, 0.15) is 5.82 Å². The van der Waals surface area contributed by atoms with Crippen molar-refractivity contribution in [2.24, 2.45) is 0 Å². The van der Waals surface area contributed by atoms with E-state index in [-0.39, 0.29) is 11.6 Å². The Morgan fingerprint density at radius 3 is 2.61 bits per heavy atom. The van der Waals surface area contributed by atoms with Gasteiger partial charge in [-0.2, -0.15) is 4.52 Å². The van der Waals surface area contributed by atoms with Crippen LogP contribution in [0.25, 0.3) is 15.7 Å². The fourth-order valence-electron chi connectivity index (χ4n) is 3.44. The van der Waals surface area contributed by atoms with E-state index in [0.29, 0.717) is 47.7 Å². The summed E-state index contributed by atoms with van der Waals surface area (Å²) in [7, 11) is 0. The monoisotopic (exact) mass is 436 g/mol. The summed E-state index contributed by atoms with van der Waals surface area (Å²) in [6.45, 7) is 4.27. The molecule has 3 aromatic heterocycles. The lowest BCUT2D eigenvalue weighted by Gasteiger charge is -2.35. The van der Waals surface area contributed by atoms with Gasteiger partial charge in [0.05, 0.1) is 6.26 Å². The van der Waals surface area contributed by atoms with Gasteiger partial charge >= 0.3 is 6.03 Å². The molecule has 0 atom stereocenters. The van der Waals surface area contributed by atoms with Crippen LogP contribution in [0.3, 0.4) is 0 Å². The number of carbonyl (C=O) groups excluding carboxylic acids is 1. The van der Waals surface area contributed by atoms with Crippen molar-refractivity contribution in [1.82, 2.24) is 19.5 Å². The minimum atomic E-state index is -0.242. The van der Waals surface area contributed by atoms with Gasteiger partial charge in [0, 0.05) is 37.9 Å². The van der Waals surface area contributed by atoms with Gasteiger partial charge in [-0.1, -0.05) is 29.0 Å². The zero-order chi connectivity index (χ0) is 21.4. The molecule has 2 amide bonds. The van der Waals surface area contributed by atoms with Crippen LogP contribution in [-0.2, 0) is 0 Å². The van der Waals surface area contributed by atoms with Gasteiger partial charge in [-0.25, -0.2) is 9.78 Å². The number of urea groups is 1. The number of aryl methyl sites for hydroxylation is 1. The number of anilines is 2. The molecule has 0 saturated carbocycles. The Kier molecular flexibility index (Phi) is 4.91. The van der Waals surface area contributed by atoms with Crippen LogP contribution in [0.5, 0.6) is 0 Å². The average Bonchev–Trinajstić information content (AvgIpc) is 3.45. The Hall–Kier alpha value is -3.66. The molecule has 9 nitrogen and oxygen atoms in total. The first kappa shape index (κ1) is 19.3. The van der Waals surface area contributed by atoms with Crippen molar-refractivity contribution in [1.29, 1.82) is 0 Å². The largest absolute Gasteiger partial charge is 0.462 e. The third-order valence-corrected chi connectivity index (χ3v) is 6.08. The summed E-state index contributed by atoms with van der Waals surface area (Å²) in [6.07, 6.45) is 1.57. The summed E-state index contributed by atoms with van der Waals surface area (Å²) in [5, 5.41) is 7.84. The average molecular weight is 436 g/mol. The van der Waals surface area contributed by atoms with Gasteiger partial charge < -0.3 is 19.5 Å². The summed E-state index contributed by atoms with van der Waals surface area (Å²) in [5.74, 6) is 1.20. The van der Waals surface area contributed by atoms with Crippen LogP contribution >= 0.6 is 11.3 Å². The molecule has 0 spiro atoms. The van der Waals surface area contributed by atoms with Crippen molar-refractivity contribution in [3.05, 3.63) is 64.6 Å². The number of hydrogen-bond donors (Lipinski definition) is 1. The number of aromatic nitrogens is 3. The lowest BCUT2D eigenvalue weighted by Crippen LogP contribution is -2.50. The Labute approximate surface area is 181 Å². The fraction of sp³-hybridized carbons (Fsp3) is 0.238. The smallest absolute Gasteiger partial charge is 0.321 e. The van der Waals surface area contributed by atoms with E-state index in [2.05, 4.69) is 15.4 Å². The van der Waals surface area contributed by atoms with Crippen LogP contribution in [0.2, 0.25) is 0 Å². The number of nitrogens with zero attached hydrogens (tertiary/aromatic N) is 5. The zero-order valence-corrected chi connectivity index (χ0v) is 17.6. The molecule has 1 N–H and O–H groups in total. The van der Waals surface area contributed by atoms with Crippen LogP contribution in [-0.4, -0.2) is 51.7 Å². The Bertz CT molecular complexity index is 1270. The predicted octanol–water partition coefficient (Wildman–Crippen LogP) is 3.07. The van der Waals surface area contributed by atoms with E-state index < -0.39 is 0 Å². The number of amides is 2. The van der Waals surface area contributed by atoms with Gasteiger partial charge in [-0.05, 0) is 31.2 Å². The van der Waals surface area contributed by atoms with E-state index in [9.17, 15) is 9.59 Å². The fourth-order valence-corrected chi connectivity index (χ4v) is 4.31. The van der Waals surface area contributed by atoms with E-state index in [1.807, 2.05) is 36.1 Å². The Balaban J connectivity index is 1.28. The number of hydrogen-bond acceptors (Lipinski definition) is 7. The molecule has 0 radical (unpaired) electrons. The summed E-state index contributed by atoms with van der Waals surface area (Å²) >= 11 is 1.30. The molecule has 0 aliphatic carbocycles. The van der Waals surface area contributed by atoms with Crippen LogP contribution < -0.4 is 15.8 Å². The van der Waals surface area contributed by atoms with Gasteiger partial charge in [-0.15, -0.1) is 5.10 Å². The molecule has 31 heavy (non-hydrogen) atoms. The van der Waals surface area contributed by atoms with Crippen LogP contribution in [0.4, 0.5) is 16.3 Å². The minimum absolute atomic E-state index is 0.127. The van der Waals surface area contributed by atoms with Gasteiger partial charge in [0.2, 0.25) is 4.96 Å². The number of nitrogens with one attached hydrogen (secondary N) is 1. The van der Waals surface area contributed by atoms with E-state index in [0.717, 1.165) is 11.3 Å². The maximum absolute atomic E-state index is 12.6. The van der Waals surface area contributed by atoms with Crippen molar-refractivity contribution in [3.63, 3.8) is 0 Å². The van der Waals surface area contributed by atoms with Crippen molar-refractivity contribution in [2.45, 2.75) is 6.92 Å². The normalized spacial score (nSPS) is 14.2. The molecule has 0 unspecified atom stereocenters. The second kappa shape index (κ2) is 7.88. The SMILES string of the molecule is Cc1ccc(NC(=O)N2CCN(c3cc(=O)n4nc(-c5ccco5)sc4n3)CC2)cc1. The van der Waals surface area contributed by atoms with Gasteiger partial charge in [0.25, 0.3) is 5.56 Å². The number of carbonyl (C=O) groups is 1. The van der Waals surface area contributed by atoms with Crippen molar-refractivity contribution in [2.75, 3.05) is 36.4 Å². The quantitative estimate of drug-likeness (QED) is 0.530. The summed E-state index contributed by atoms with van der Waals surface area (Å²) in [4.78, 5) is 34.0. The molecule has 0 bridgehead atoms. The topological polar surface area (TPSA) is 96.0 Å². The molecule has 1 fully saturated rings. The molecule has 4 heterocycles. The van der Waals surface area contributed by atoms with Crippen LogP contribution in [0.1, 0.15) is 5.56 Å². The Morgan fingerprint density at radius 2 is 1.90 bits per heavy atom. The molecule has 5 rings (SSSR count). The van der Waals surface area contributed by atoms with E-state index in [4.69, 9.17) is 4.42 Å². The number of rotatable bonds is 3. The highest BCUT2D eigenvalue weighted by Crippen LogP contribution is 2.25. The van der Waals surface area contributed by atoms with Crippen LogP contribution in [0.15, 0.2) is 57.9 Å². The van der Waals surface area contributed by atoms with Crippen molar-refractivity contribution >= 4 is 33.8 Å². The van der Waals surface area contributed by atoms with Gasteiger partial charge in [0.15, 0.2) is 10.8 Å². The summed E-state index contributed by atoms with van der Waals surface area (Å²) < 4.78 is 6.66. The lowest BCUT2D eigenvalue weighted by atomic mass is 10.2. The highest BCUT2D eigenvalue weighted by atomic mass is 32.1. The van der Waals surface area contributed by atoms with Gasteiger partial charge in [-0.3, -0.25) is 4.79 Å². The van der Waals surface area contributed by atoms with Crippen molar-refractivity contribution < 1.29 is 9.21 Å². The number of piperazine rings is 1. The molecule has 1 saturated heterocycles. The van der Waals surface area contributed by atoms with Crippen LogP contribution in [0, 0.1) is 6.92 Å². The molecular formula is C21H20N6O3S. The number of benzene rings is 1. The molecular weight excluding hydrogens is 416 g/mol. The second-order valence-electron chi connectivity index (χ2n) is 7.30. The number of furan rings is 1. The third kappa shape index (κ3) is 3.89. The molecule has 1 aromatic carbocycles. The van der Waals surface area contributed by atoms with E-state index in [1.54, 1.807) is 23.3 Å². The highest BCUT2D eigenvalue weighted by molar-refractivity contribution is 7.19. The number of fused-ring (bicyclic) bond motifs is 1. The zero-order valence-electron chi connectivity index (χ0n) is 16.8. The summed E-state index contributed by atoms with van der Waals surface area (Å²) in [5.41, 5.74) is 1.67. The maximum atomic E-state index is 12.6. The van der Waals surface area contributed by atoms with E-state index in [1.165, 1.54) is 21.9 Å². The summed E-state index contributed by atoms with van der Waals surface area (Å²) in [6, 6.07) is 12.6. The lowest BCUT2D eigenvalue weighted by molar-refractivity contribution is 0.208. The van der Waals surface area contributed by atoms with Crippen molar-refractivity contribution in [3.8, 4) is 10.8 Å². The molecule has 10 heteroatoms. The third-order valence-electron chi connectivity index (χ3n) is 5.16. The first-order valence-corrected chi connectivity index (χ1v) is 10.7. The molecule has 1 aliphatic heterocycles. The first-order chi connectivity index (χ1) is 15.1. The second-order valence-corrected chi connectivity index (χ2v) is 8.26.